The van der Waals surface area contributed by atoms with Crippen LogP contribution in [0, 0.1) is 13.8 Å². The van der Waals surface area contributed by atoms with Crippen molar-refractivity contribution in [1.82, 2.24) is 4.90 Å². The van der Waals surface area contributed by atoms with Crippen LogP contribution in [0.15, 0.2) is 18.2 Å². The van der Waals surface area contributed by atoms with Gasteiger partial charge in [-0.05, 0) is 50.7 Å². The summed E-state index contributed by atoms with van der Waals surface area (Å²) in [5.74, 6) is 0. The molecule has 2 aliphatic rings. The summed E-state index contributed by atoms with van der Waals surface area (Å²) in [7, 11) is 0. The van der Waals surface area contributed by atoms with Crippen LogP contribution >= 0.6 is 0 Å². The number of hydrogen-bond acceptors (Lipinski definition) is 2. The van der Waals surface area contributed by atoms with Gasteiger partial charge in [-0.15, -0.1) is 0 Å². The van der Waals surface area contributed by atoms with Crippen molar-refractivity contribution in [2.45, 2.75) is 64.2 Å². The summed E-state index contributed by atoms with van der Waals surface area (Å²) in [6, 6.07) is 8.75. The van der Waals surface area contributed by atoms with Gasteiger partial charge in [0.05, 0.1) is 0 Å². The Hall–Kier alpha value is -0.860. The Bertz CT molecular complexity index is 427. The summed E-state index contributed by atoms with van der Waals surface area (Å²) in [6.07, 6.45) is 5.09. The molecule has 2 saturated heterocycles. The fourth-order valence-corrected chi connectivity index (χ4v) is 3.79. The molecule has 0 saturated carbocycles. The fraction of sp³-hybridized carbons (Fsp3) is 0.625. The standard InChI is InChI=1S/C16H24N2/c1-11-3-4-13(12(2)7-11)10-18-15-5-6-16(18)9-14(17)8-15/h3-4,7,14-16H,5-6,8-10,17H2,1-2H3. The number of fused-ring (bicyclic) bond motifs is 2. The van der Waals surface area contributed by atoms with Crippen molar-refractivity contribution in [2.24, 2.45) is 5.73 Å². The molecule has 18 heavy (non-hydrogen) atoms. The van der Waals surface area contributed by atoms with Gasteiger partial charge in [0.25, 0.3) is 0 Å². The highest BCUT2D eigenvalue weighted by atomic mass is 15.2. The summed E-state index contributed by atoms with van der Waals surface area (Å²) < 4.78 is 0. The molecule has 2 N–H and O–H groups in total. The highest BCUT2D eigenvalue weighted by Gasteiger charge is 2.39. The Labute approximate surface area is 110 Å². The maximum atomic E-state index is 6.13. The van der Waals surface area contributed by atoms with Crippen LogP contribution in [0.2, 0.25) is 0 Å². The predicted octanol–water partition coefficient (Wildman–Crippen LogP) is 2.76. The minimum atomic E-state index is 0.442. The molecule has 2 aliphatic heterocycles. The van der Waals surface area contributed by atoms with E-state index in [2.05, 4.69) is 36.9 Å². The Morgan fingerprint density at radius 1 is 1.17 bits per heavy atom. The highest BCUT2D eigenvalue weighted by Crippen LogP contribution is 2.36. The lowest BCUT2D eigenvalue weighted by molar-refractivity contribution is 0.119. The molecule has 2 bridgehead atoms. The Morgan fingerprint density at radius 2 is 1.83 bits per heavy atom. The fourth-order valence-electron chi connectivity index (χ4n) is 3.79. The third-order valence-corrected chi connectivity index (χ3v) is 4.77. The van der Waals surface area contributed by atoms with Crippen LogP contribution in [-0.2, 0) is 6.54 Å². The zero-order valence-corrected chi connectivity index (χ0v) is 11.5. The van der Waals surface area contributed by atoms with E-state index in [4.69, 9.17) is 5.73 Å². The van der Waals surface area contributed by atoms with Gasteiger partial charge in [-0.2, -0.15) is 0 Å². The number of piperidine rings is 1. The normalized spacial score (nSPS) is 31.8. The third-order valence-electron chi connectivity index (χ3n) is 4.77. The van der Waals surface area contributed by atoms with Gasteiger partial charge in [-0.3, -0.25) is 4.90 Å². The molecular weight excluding hydrogens is 220 g/mol. The maximum Gasteiger partial charge on any atom is 0.0242 e. The summed E-state index contributed by atoms with van der Waals surface area (Å²) in [4.78, 5) is 2.71. The van der Waals surface area contributed by atoms with Crippen LogP contribution < -0.4 is 5.73 Å². The van der Waals surface area contributed by atoms with E-state index in [9.17, 15) is 0 Å². The van der Waals surface area contributed by atoms with Gasteiger partial charge in [0.15, 0.2) is 0 Å². The van der Waals surface area contributed by atoms with Crippen LogP contribution in [0.25, 0.3) is 0 Å². The van der Waals surface area contributed by atoms with E-state index in [1.165, 1.54) is 42.4 Å². The average Bonchev–Trinajstić information content (AvgIpc) is 2.56. The van der Waals surface area contributed by atoms with Crippen LogP contribution in [0.5, 0.6) is 0 Å². The largest absolute Gasteiger partial charge is 0.328 e. The quantitative estimate of drug-likeness (QED) is 0.867. The minimum Gasteiger partial charge on any atom is -0.328 e. The molecule has 3 rings (SSSR count). The Kier molecular flexibility index (Phi) is 3.16. The van der Waals surface area contributed by atoms with E-state index in [0.717, 1.165) is 18.6 Å². The average molecular weight is 244 g/mol. The van der Waals surface area contributed by atoms with Crippen LogP contribution in [0.3, 0.4) is 0 Å². The van der Waals surface area contributed by atoms with Crippen LogP contribution in [0.4, 0.5) is 0 Å². The van der Waals surface area contributed by atoms with Crippen molar-refractivity contribution in [3.8, 4) is 0 Å². The number of aryl methyl sites for hydroxylation is 2. The highest BCUT2D eigenvalue weighted by molar-refractivity contribution is 5.30. The predicted molar refractivity (Wildman–Crippen MR) is 75.5 cm³/mol. The first-order chi connectivity index (χ1) is 8.63. The Morgan fingerprint density at radius 3 is 2.44 bits per heavy atom. The minimum absolute atomic E-state index is 0.442. The lowest BCUT2D eigenvalue weighted by Crippen LogP contribution is -2.46. The molecule has 0 aliphatic carbocycles. The third kappa shape index (κ3) is 2.19. The molecular formula is C16H24N2. The van der Waals surface area contributed by atoms with Crippen molar-refractivity contribution in [3.63, 3.8) is 0 Å². The van der Waals surface area contributed by atoms with Gasteiger partial charge in [0.1, 0.15) is 0 Å². The first-order valence-corrected chi connectivity index (χ1v) is 7.21. The summed E-state index contributed by atoms with van der Waals surface area (Å²) in [5.41, 5.74) is 10.4. The molecule has 98 valence electrons. The Balaban J connectivity index is 1.77. The lowest BCUT2D eigenvalue weighted by atomic mass is 9.96. The molecule has 1 aromatic rings. The first-order valence-electron chi connectivity index (χ1n) is 7.21. The molecule has 0 radical (unpaired) electrons. The molecule has 2 nitrogen and oxygen atoms in total. The second kappa shape index (κ2) is 4.67. The molecule has 0 spiro atoms. The van der Waals surface area contributed by atoms with Gasteiger partial charge in [0, 0.05) is 24.7 Å². The second-order valence-corrected chi connectivity index (χ2v) is 6.22. The molecule has 2 heteroatoms. The maximum absolute atomic E-state index is 6.13. The molecule has 2 heterocycles. The summed E-state index contributed by atoms with van der Waals surface area (Å²) >= 11 is 0. The lowest BCUT2D eigenvalue weighted by Gasteiger charge is -2.38. The van der Waals surface area contributed by atoms with Gasteiger partial charge in [-0.25, -0.2) is 0 Å². The van der Waals surface area contributed by atoms with Crippen LogP contribution in [-0.4, -0.2) is 23.0 Å². The van der Waals surface area contributed by atoms with Crippen molar-refractivity contribution < 1.29 is 0 Å². The van der Waals surface area contributed by atoms with E-state index < -0.39 is 0 Å². The topological polar surface area (TPSA) is 29.3 Å². The molecule has 2 unspecified atom stereocenters. The number of nitrogens with two attached hydrogens (primary N) is 1. The summed E-state index contributed by atoms with van der Waals surface area (Å²) in [6.45, 7) is 5.52. The van der Waals surface area contributed by atoms with Crippen molar-refractivity contribution >= 4 is 0 Å². The molecule has 0 amide bonds. The van der Waals surface area contributed by atoms with E-state index in [1.54, 1.807) is 0 Å². The molecule has 1 aromatic carbocycles. The number of nitrogens with zero attached hydrogens (tertiary/aromatic N) is 1. The molecule has 2 fully saturated rings. The van der Waals surface area contributed by atoms with Crippen LogP contribution in [0.1, 0.15) is 42.4 Å². The van der Waals surface area contributed by atoms with Crippen molar-refractivity contribution in [1.29, 1.82) is 0 Å². The smallest absolute Gasteiger partial charge is 0.0242 e. The second-order valence-electron chi connectivity index (χ2n) is 6.22. The zero-order valence-electron chi connectivity index (χ0n) is 11.5. The van der Waals surface area contributed by atoms with Gasteiger partial charge in [0.2, 0.25) is 0 Å². The molecule has 2 atom stereocenters. The summed E-state index contributed by atoms with van der Waals surface area (Å²) in [5, 5.41) is 0. The first kappa shape index (κ1) is 12.2. The van der Waals surface area contributed by atoms with E-state index in [-0.39, 0.29) is 0 Å². The van der Waals surface area contributed by atoms with Gasteiger partial charge in [-0.1, -0.05) is 23.8 Å². The van der Waals surface area contributed by atoms with E-state index >= 15 is 0 Å². The van der Waals surface area contributed by atoms with Gasteiger partial charge >= 0.3 is 0 Å². The zero-order chi connectivity index (χ0) is 12.7. The number of rotatable bonds is 2. The number of hydrogen-bond donors (Lipinski definition) is 1. The molecule has 0 aromatic heterocycles. The van der Waals surface area contributed by atoms with E-state index in [1.807, 2.05) is 0 Å². The van der Waals surface area contributed by atoms with Gasteiger partial charge < -0.3 is 5.73 Å². The monoisotopic (exact) mass is 244 g/mol. The van der Waals surface area contributed by atoms with Crippen molar-refractivity contribution in [3.05, 3.63) is 34.9 Å². The number of benzene rings is 1. The van der Waals surface area contributed by atoms with Crippen molar-refractivity contribution in [2.75, 3.05) is 0 Å². The SMILES string of the molecule is Cc1ccc(CN2C3CCC2CC(N)C3)c(C)c1. The van der Waals surface area contributed by atoms with E-state index in [0.29, 0.717) is 6.04 Å².